The van der Waals surface area contributed by atoms with Crippen LogP contribution < -0.4 is 9.64 Å². The van der Waals surface area contributed by atoms with Gasteiger partial charge in [-0.3, -0.25) is 10.1 Å². The van der Waals surface area contributed by atoms with Gasteiger partial charge in [-0.1, -0.05) is 0 Å². The van der Waals surface area contributed by atoms with Crippen LogP contribution in [-0.2, 0) is 0 Å². The lowest BCUT2D eigenvalue weighted by atomic mass is 10.2. The van der Waals surface area contributed by atoms with E-state index in [9.17, 15) is 10.1 Å². The fourth-order valence-electron chi connectivity index (χ4n) is 2.64. The van der Waals surface area contributed by atoms with Crippen LogP contribution in [0.1, 0.15) is 26.7 Å². The predicted octanol–water partition coefficient (Wildman–Crippen LogP) is 6.41. The van der Waals surface area contributed by atoms with Gasteiger partial charge in [-0.25, -0.2) is 0 Å². The molecule has 7 nitrogen and oxygen atoms in total. The first-order valence-electron chi connectivity index (χ1n) is 9.31. The molecule has 2 aromatic carbocycles. The summed E-state index contributed by atoms with van der Waals surface area (Å²) in [7, 11) is 0. The summed E-state index contributed by atoms with van der Waals surface area (Å²) in [6.07, 6.45) is 6.45. The number of ether oxygens (including phenoxy) is 1. The zero-order valence-electron chi connectivity index (χ0n) is 16.5. The minimum absolute atomic E-state index is 0.0688. The van der Waals surface area contributed by atoms with E-state index in [1.807, 2.05) is 18.2 Å². The number of anilines is 1. The molecule has 0 spiro atoms. The van der Waals surface area contributed by atoms with Crippen molar-refractivity contribution in [3.8, 4) is 18.1 Å². The van der Waals surface area contributed by atoms with Crippen LogP contribution in [0.15, 0.2) is 51.1 Å². The number of terminal acetylenes is 1. The van der Waals surface area contributed by atoms with Crippen LogP contribution in [0.4, 0.5) is 22.7 Å². The number of nitro benzene ring substituents is 1. The number of nitro groups is 1. The second-order valence-electron chi connectivity index (χ2n) is 6.07. The Bertz CT molecular complexity index is 921. The van der Waals surface area contributed by atoms with Gasteiger partial charge in [0.1, 0.15) is 5.69 Å². The van der Waals surface area contributed by atoms with E-state index < -0.39 is 4.92 Å². The molecule has 8 heteroatoms. The first-order valence-corrected chi connectivity index (χ1v) is 10.1. The number of halogens is 1. The SMILES string of the molecule is C#CCCCOc1cc([N+](=O)[O-])ccc1N=Nc1ccc(N(CC)CC)cc1Br. The number of non-ortho nitro benzene ring substituents is 1. The number of rotatable bonds is 10. The molecule has 0 aromatic heterocycles. The van der Waals surface area contributed by atoms with E-state index in [1.165, 1.54) is 18.2 Å². The maximum Gasteiger partial charge on any atom is 0.273 e. The molecule has 152 valence electrons. The lowest BCUT2D eigenvalue weighted by Crippen LogP contribution is -2.21. The van der Waals surface area contributed by atoms with Crippen molar-refractivity contribution in [3.05, 3.63) is 51.0 Å². The molecule has 0 unspecified atom stereocenters. The minimum atomic E-state index is -0.474. The van der Waals surface area contributed by atoms with Crippen LogP contribution in [-0.4, -0.2) is 24.6 Å². The fraction of sp³-hybridized carbons (Fsp3) is 0.333. The van der Waals surface area contributed by atoms with Gasteiger partial charge in [0.15, 0.2) is 5.75 Å². The van der Waals surface area contributed by atoms with Crippen LogP contribution in [0.3, 0.4) is 0 Å². The van der Waals surface area contributed by atoms with Crippen molar-refractivity contribution in [3.63, 3.8) is 0 Å². The number of hydrogen-bond acceptors (Lipinski definition) is 6. The monoisotopic (exact) mass is 458 g/mol. The Balaban J connectivity index is 2.26. The van der Waals surface area contributed by atoms with E-state index in [4.69, 9.17) is 11.2 Å². The summed E-state index contributed by atoms with van der Waals surface area (Å²) >= 11 is 3.54. The lowest BCUT2D eigenvalue weighted by Gasteiger charge is -2.21. The molecule has 0 radical (unpaired) electrons. The standard InChI is InChI=1S/C21H23BrN4O3/c1-4-7-8-13-29-21-15-17(26(27)28)10-12-20(21)24-23-19-11-9-16(14-18(19)22)25(5-2)6-3/h1,9-12,14-15H,5-8,13H2,2-3H3. The van der Waals surface area contributed by atoms with Crippen LogP contribution in [0.25, 0.3) is 0 Å². The summed E-state index contributed by atoms with van der Waals surface area (Å²) in [6.45, 7) is 6.37. The molecule has 2 aromatic rings. The van der Waals surface area contributed by atoms with E-state index in [-0.39, 0.29) is 5.69 Å². The van der Waals surface area contributed by atoms with Gasteiger partial charge in [0.25, 0.3) is 5.69 Å². The largest absolute Gasteiger partial charge is 0.491 e. The molecule has 0 N–H and O–H groups in total. The van der Waals surface area contributed by atoms with Crippen molar-refractivity contribution < 1.29 is 9.66 Å². The average molecular weight is 459 g/mol. The molecular formula is C21H23BrN4O3. The molecular weight excluding hydrogens is 436 g/mol. The molecule has 0 bridgehead atoms. The van der Waals surface area contributed by atoms with Crippen LogP contribution in [0.5, 0.6) is 5.75 Å². The Hall–Kier alpha value is -2.92. The van der Waals surface area contributed by atoms with E-state index in [0.29, 0.717) is 36.6 Å². The number of nitrogens with zero attached hydrogens (tertiary/aromatic N) is 4. The molecule has 2 rings (SSSR count). The van der Waals surface area contributed by atoms with Gasteiger partial charge in [0, 0.05) is 35.7 Å². The number of azo groups is 1. The van der Waals surface area contributed by atoms with Gasteiger partial charge in [0.05, 0.1) is 23.3 Å². The zero-order valence-corrected chi connectivity index (χ0v) is 18.1. The van der Waals surface area contributed by atoms with Crippen LogP contribution in [0.2, 0.25) is 0 Å². The van der Waals surface area contributed by atoms with Crippen molar-refractivity contribution in [2.45, 2.75) is 26.7 Å². The van der Waals surface area contributed by atoms with Crippen molar-refractivity contribution in [1.82, 2.24) is 0 Å². The summed E-state index contributed by atoms with van der Waals surface area (Å²) in [5.74, 6) is 2.83. The van der Waals surface area contributed by atoms with Crippen LogP contribution in [0, 0.1) is 22.5 Å². The molecule has 29 heavy (non-hydrogen) atoms. The van der Waals surface area contributed by atoms with Gasteiger partial charge >= 0.3 is 0 Å². The van der Waals surface area contributed by atoms with Crippen molar-refractivity contribution in [1.29, 1.82) is 0 Å². The smallest absolute Gasteiger partial charge is 0.273 e. The van der Waals surface area contributed by atoms with Crippen molar-refractivity contribution in [2.24, 2.45) is 10.2 Å². The highest BCUT2D eigenvalue weighted by Crippen LogP contribution is 2.35. The van der Waals surface area contributed by atoms with Crippen LogP contribution >= 0.6 is 15.9 Å². The maximum absolute atomic E-state index is 11.1. The molecule has 0 saturated heterocycles. The van der Waals surface area contributed by atoms with E-state index >= 15 is 0 Å². The highest BCUT2D eigenvalue weighted by Gasteiger charge is 2.12. The van der Waals surface area contributed by atoms with Gasteiger partial charge in [-0.2, -0.15) is 0 Å². The third-order valence-corrected chi connectivity index (χ3v) is 4.84. The van der Waals surface area contributed by atoms with Crippen molar-refractivity contribution in [2.75, 3.05) is 24.6 Å². The summed E-state index contributed by atoms with van der Waals surface area (Å²) in [5.41, 5.74) is 2.09. The lowest BCUT2D eigenvalue weighted by molar-refractivity contribution is -0.384. The van der Waals surface area contributed by atoms with E-state index in [2.05, 4.69) is 50.8 Å². The summed E-state index contributed by atoms with van der Waals surface area (Å²) < 4.78 is 6.47. The highest BCUT2D eigenvalue weighted by molar-refractivity contribution is 9.10. The molecule has 0 amide bonds. The molecule has 0 aliphatic heterocycles. The molecule has 0 heterocycles. The summed E-state index contributed by atoms with van der Waals surface area (Å²) in [6, 6.07) is 10.1. The number of unbranched alkanes of at least 4 members (excludes halogenated alkanes) is 1. The Morgan fingerprint density at radius 1 is 1.17 bits per heavy atom. The summed E-state index contributed by atoms with van der Waals surface area (Å²) in [4.78, 5) is 12.8. The maximum atomic E-state index is 11.1. The first kappa shape index (κ1) is 22.4. The minimum Gasteiger partial charge on any atom is -0.491 e. The Labute approximate surface area is 179 Å². The van der Waals surface area contributed by atoms with E-state index in [0.717, 1.165) is 23.2 Å². The Morgan fingerprint density at radius 2 is 1.86 bits per heavy atom. The fourth-order valence-corrected chi connectivity index (χ4v) is 3.09. The molecule has 0 aliphatic carbocycles. The highest BCUT2D eigenvalue weighted by atomic mass is 79.9. The van der Waals surface area contributed by atoms with Gasteiger partial charge in [0.2, 0.25) is 0 Å². The predicted molar refractivity (Wildman–Crippen MR) is 119 cm³/mol. The molecule has 0 saturated carbocycles. The zero-order chi connectivity index (χ0) is 21.2. The summed E-state index contributed by atoms with van der Waals surface area (Å²) in [5, 5.41) is 19.6. The molecule has 0 aliphatic rings. The second kappa shape index (κ2) is 11.2. The van der Waals surface area contributed by atoms with E-state index in [1.54, 1.807) is 0 Å². The Morgan fingerprint density at radius 3 is 2.48 bits per heavy atom. The average Bonchev–Trinajstić information content (AvgIpc) is 2.72. The number of hydrogen-bond donors (Lipinski definition) is 0. The first-order chi connectivity index (χ1) is 14.0. The molecule has 0 fully saturated rings. The van der Waals surface area contributed by atoms with Gasteiger partial charge in [-0.05, 0) is 60.5 Å². The normalized spacial score (nSPS) is 10.7. The van der Waals surface area contributed by atoms with Gasteiger partial charge in [-0.15, -0.1) is 22.6 Å². The topological polar surface area (TPSA) is 80.3 Å². The third kappa shape index (κ3) is 6.29. The number of benzene rings is 2. The molecule has 0 atom stereocenters. The Kier molecular flexibility index (Phi) is 8.62. The quantitative estimate of drug-likeness (QED) is 0.135. The van der Waals surface area contributed by atoms with Crippen molar-refractivity contribution >= 4 is 38.7 Å². The van der Waals surface area contributed by atoms with Gasteiger partial charge < -0.3 is 9.64 Å². The third-order valence-electron chi connectivity index (χ3n) is 4.20. The second-order valence-corrected chi connectivity index (χ2v) is 6.93.